The number of benzene rings is 2. The number of nitrogens with zero attached hydrogens (tertiary/aromatic N) is 1. The second-order valence-electron chi connectivity index (χ2n) is 8.24. The van der Waals surface area contributed by atoms with Crippen LogP contribution in [-0.4, -0.2) is 37.2 Å². The number of hydrogen-bond donors (Lipinski definition) is 1. The zero-order valence-corrected chi connectivity index (χ0v) is 19.4. The lowest BCUT2D eigenvalue weighted by molar-refractivity contribution is -0.123. The molecule has 1 unspecified atom stereocenters. The van der Waals surface area contributed by atoms with Gasteiger partial charge in [0.15, 0.2) is 6.10 Å². The highest BCUT2D eigenvalue weighted by atomic mass is 16.5. The molecule has 0 saturated carbocycles. The van der Waals surface area contributed by atoms with Gasteiger partial charge in [-0.05, 0) is 69.4 Å². The highest BCUT2D eigenvalue weighted by molar-refractivity contribution is 6.06. The molecule has 0 bridgehead atoms. The third-order valence-electron chi connectivity index (χ3n) is 5.94. The van der Waals surface area contributed by atoms with E-state index in [1.165, 1.54) is 7.11 Å². The molecule has 33 heavy (non-hydrogen) atoms. The van der Waals surface area contributed by atoms with E-state index in [0.717, 1.165) is 53.4 Å². The van der Waals surface area contributed by atoms with E-state index in [1.54, 1.807) is 32.2 Å². The van der Waals surface area contributed by atoms with E-state index in [9.17, 15) is 9.59 Å². The minimum atomic E-state index is -1.01. The number of ether oxygens (including phenoxy) is 3. The van der Waals surface area contributed by atoms with Crippen molar-refractivity contribution in [2.45, 2.75) is 45.6 Å². The third kappa shape index (κ3) is 4.62. The minimum Gasteiger partial charge on any atom is -0.497 e. The fourth-order valence-corrected chi connectivity index (χ4v) is 4.19. The molecule has 0 fully saturated rings. The fraction of sp³-hybridized carbons (Fsp3) is 0.346. The average molecular weight is 449 g/mol. The largest absolute Gasteiger partial charge is 0.497 e. The number of rotatable bonds is 6. The lowest BCUT2D eigenvalue weighted by Gasteiger charge is -2.21. The number of aromatic nitrogens is 1. The van der Waals surface area contributed by atoms with E-state index >= 15 is 0 Å². The number of nitrogens with one attached hydrogen (secondary N) is 1. The Bertz CT molecular complexity index is 1220. The molecule has 1 aliphatic carbocycles. The topological polar surface area (TPSA) is 86.8 Å². The van der Waals surface area contributed by atoms with Gasteiger partial charge in [-0.25, -0.2) is 4.79 Å². The zero-order chi connectivity index (χ0) is 23.5. The maximum Gasteiger partial charge on any atom is 0.339 e. The molecule has 1 N–H and O–H groups in total. The van der Waals surface area contributed by atoms with Gasteiger partial charge in [0.05, 0.1) is 31.0 Å². The van der Waals surface area contributed by atoms with Crippen LogP contribution < -0.4 is 14.8 Å². The molecule has 1 aromatic heterocycles. The first-order valence-corrected chi connectivity index (χ1v) is 11.1. The number of amides is 1. The molecule has 1 atom stereocenters. The van der Waals surface area contributed by atoms with Crippen LogP contribution in [0.3, 0.4) is 0 Å². The molecule has 7 heteroatoms. The Balaban J connectivity index is 1.61. The standard InChI is InChI=1S/C26H28N2O5/c1-15-9-11-21-19(13-15)24(18-7-5-6-8-20(18)27-21)26(30)33-16(2)25(29)28-22-14-17(31-3)10-12-23(22)32-4/h9-14,16H,5-8H2,1-4H3,(H,28,29). The smallest absolute Gasteiger partial charge is 0.339 e. The molecule has 4 rings (SSSR count). The van der Waals surface area contributed by atoms with Gasteiger partial charge >= 0.3 is 5.97 Å². The van der Waals surface area contributed by atoms with Gasteiger partial charge in [-0.1, -0.05) is 11.6 Å². The van der Waals surface area contributed by atoms with Gasteiger partial charge in [-0.15, -0.1) is 0 Å². The lowest BCUT2D eigenvalue weighted by atomic mass is 9.89. The highest BCUT2D eigenvalue weighted by Gasteiger charge is 2.27. The summed E-state index contributed by atoms with van der Waals surface area (Å²) in [7, 11) is 3.06. The monoisotopic (exact) mass is 448 g/mol. The number of esters is 1. The Hall–Kier alpha value is -3.61. The summed E-state index contributed by atoms with van der Waals surface area (Å²) in [6, 6.07) is 11.0. The first-order chi connectivity index (χ1) is 15.9. The predicted molar refractivity (Wildman–Crippen MR) is 126 cm³/mol. The third-order valence-corrected chi connectivity index (χ3v) is 5.94. The maximum atomic E-state index is 13.4. The van der Waals surface area contributed by atoms with Crippen LogP contribution in [0.1, 0.15) is 46.9 Å². The van der Waals surface area contributed by atoms with Crippen molar-refractivity contribution in [3.8, 4) is 11.5 Å². The van der Waals surface area contributed by atoms with Crippen LogP contribution >= 0.6 is 0 Å². The van der Waals surface area contributed by atoms with Crippen LogP contribution in [0.25, 0.3) is 10.9 Å². The molecular formula is C26H28N2O5. The van der Waals surface area contributed by atoms with Crippen molar-refractivity contribution in [1.82, 2.24) is 4.98 Å². The van der Waals surface area contributed by atoms with Crippen LogP contribution in [0, 0.1) is 6.92 Å². The minimum absolute atomic E-state index is 0.437. The predicted octanol–water partition coefficient (Wildman–Crippen LogP) is 4.62. The van der Waals surface area contributed by atoms with Crippen molar-refractivity contribution < 1.29 is 23.8 Å². The molecular weight excluding hydrogens is 420 g/mol. The molecule has 3 aromatic rings. The SMILES string of the molecule is COc1ccc(OC)c(NC(=O)C(C)OC(=O)c2c3c(nc4ccc(C)cc24)CCCC3)c1. The number of fused-ring (bicyclic) bond motifs is 2. The molecule has 0 saturated heterocycles. The number of pyridine rings is 1. The molecule has 1 aliphatic rings. The summed E-state index contributed by atoms with van der Waals surface area (Å²) < 4.78 is 16.2. The van der Waals surface area contributed by atoms with E-state index in [0.29, 0.717) is 22.7 Å². The molecule has 0 spiro atoms. The summed E-state index contributed by atoms with van der Waals surface area (Å²) in [6.45, 7) is 3.53. The first-order valence-electron chi connectivity index (χ1n) is 11.1. The second-order valence-corrected chi connectivity index (χ2v) is 8.24. The van der Waals surface area contributed by atoms with Gasteiger partial charge < -0.3 is 19.5 Å². The summed E-state index contributed by atoms with van der Waals surface area (Å²) >= 11 is 0. The lowest BCUT2D eigenvalue weighted by Crippen LogP contribution is -2.30. The van der Waals surface area contributed by atoms with Crippen LogP contribution in [0.2, 0.25) is 0 Å². The Morgan fingerprint density at radius 3 is 2.58 bits per heavy atom. The molecule has 172 valence electrons. The molecule has 7 nitrogen and oxygen atoms in total. The van der Waals surface area contributed by atoms with E-state index in [4.69, 9.17) is 19.2 Å². The summed E-state index contributed by atoms with van der Waals surface area (Å²) in [5.74, 6) is 0.0815. The Kier molecular flexibility index (Phi) is 6.49. The summed E-state index contributed by atoms with van der Waals surface area (Å²) in [5.41, 5.74) is 4.65. The van der Waals surface area contributed by atoms with Gasteiger partial charge in [-0.3, -0.25) is 9.78 Å². The van der Waals surface area contributed by atoms with E-state index in [2.05, 4.69) is 5.32 Å². The number of carbonyl (C=O) groups excluding carboxylic acids is 2. The van der Waals surface area contributed by atoms with E-state index in [-0.39, 0.29) is 0 Å². The van der Waals surface area contributed by atoms with Gasteiger partial charge in [-0.2, -0.15) is 0 Å². The van der Waals surface area contributed by atoms with Crippen molar-refractivity contribution in [2.24, 2.45) is 0 Å². The number of methoxy groups -OCH3 is 2. The highest BCUT2D eigenvalue weighted by Crippen LogP contribution is 2.31. The summed E-state index contributed by atoms with van der Waals surface area (Å²) in [5, 5.41) is 3.53. The van der Waals surface area contributed by atoms with Gasteiger partial charge in [0.1, 0.15) is 11.5 Å². The van der Waals surface area contributed by atoms with Crippen LogP contribution in [0.5, 0.6) is 11.5 Å². The normalized spacial score (nSPS) is 13.7. The quantitative estimate of drug-likeness (QED) is 0.554. The van der Waals surface area contributed by atoms with E-state index in [1.807, 2.05) is 25.1 Å². The Morgan fingerprint density at radius 1 is 1.03 bits per heavy atom. The van der Waals surface area contributed by atoms with Crippen molar-refractivity contribution >= 4 is 28.5 Å². The molecule has 0 radical (unpaired) electrons. The molecule has 1 amide bonds. The molecule has 1 heterocycles. The Labute approximate surface area is 193 Å². The average Bonchev–Trinajstić information content (AvgIpc) is 2.82. The number of carbonyl (C=O) groups is 2. The number of aryl methyl sites for hydroxylation is 2. The second kappa shape index (κ2) is 9.48. The maximum absolute atomic E-state index is 13.4. The Morgan fingerprint density at radius 2 is 1.82 bits per heavy atom. The van der Waals surface area contributed by atoms with Crippen LogP contribution in [-0.2, 0) is 22.4 Å². The van der Waals surface area contributed by atoms with Gasteiger partial charge in [0.25, 0.3) is 5.91 Å². The molecule has 0 aliphatic heterocycles. The van der Waals surface area contributed by atoms with Crippen molar-refractivity contribution in [1.29, 1.82) is 0 Å². The number of anilines is 1. The summed E-state index contributed by atoms with van der Waals surface area (Å²) in [4.78, 5) is 31.0. The van der Waals surface area contributed by atoms with Crippen molar-refractivity contribution in [2.75, 3.05) is 19.5 Å². The van der Waals surface area contributed by atoms with Gasteiger partial charge in [0, 0.05) is 17.1 Å². The first kappa shape index (κ1) is 22.6. The van der Waals surface area contributed by atoms with Crippen LogP contribution in [0.4, 0.5) is 5.69 Å². The molecule has 2 aromatic carbocycles. The summed E-state index contributed by atoms with van der Waals surface area (Å²) in [6.07, 6.45) is 2.65. The van der Waals surface area contributed by atoms with Crippen molar-refractivity contribution in [3.63, 3.8) is 0 Å². The fourth-order valence-electron chi connectivity index (χ4n) is 4.19. The van der Waals surface area contributed by atoms with E-state index < -0.39 is 18.0 Å². The number of hydrogen-bond acceptors (Lipinski definition) is 6. The zero-order valence-electron chi connectivity index (χ0n) is 19.4. The van der Waals surface area contributed by atoms with Crippen molar-refractivity contribution in [3.05, 3.63) is 58.8 Å². The van der Waals surface area contributed by atoms with Crippen LogP contribution in [0.15, 0.2) is 36.4 Å². The van der Waals surface area contributed by atoms with Gasteiger partial charge in [0.2, 0.25) is 0 Å².